The van der Waals surface area contributed by atoms with Crippen molar-refractivity contribution in [3.8, 4) is 22.9 Å². The average Bonchev–Trinajstić information content (AvgIpc) is 3.12. The number of carbonyl (C=O) groups excluding carboxylic acids is 1. The van der Waals surface area contributed by atoms with E-state index in [-0.39, 0.29) is 5.91 Å². The Hall–Kier alpha value is -3.13. The number of hydrogen-bond donors (Lipinski definition) is 1. The van der Waals surface area contributed by atoms with Crippen LogP contribution in [-0.4, -0.2) is 39.8 Å². The maximum atomic E-state index is 12.8. The minimum Gasteiger partial charge on any atom is -0.493 e. The standard InChI is InChI=1S/C20H22ClN5O3/c1-12(2)11-29-18-16(21)9-14(10-17(18)28-4)20(27)22-15-7-5-6-13(8-15)19-23-24-25-26(19)3/h5-10,12H,11H2,1-4H3,(H,22,27). The fourth-order valence-electron chi connectivity index (χ4n) is 2.65. The molecule has 0 aliphatic heterocycles. The highest BCUT2D eigenvalue weighted by molar-refractivity contribution is 6.32. The Bertz CT molecular complexity index is 1020. The van der Waals surface area contributed by atoms with Crippen LogP contribution < -0.4 is 14.8 Å². The molecule has 1 heterocycles. The van der Waals surface area contributed by atoms with Crippen LogP contribution in [0.5, 0.6) is 11.5 Å². The van der Waals surface area contributed by atoms with Crippen LogP contribution in [0.2, 0.25) is 5.02 Å². The summed E-state index contributed by atoms with van der Waals surface area (Å²) in [6.45, 7) is 4.56. The van der Waals surface area contributed by atoms with E-state index in [4.69, 9.17) is 21.1 Å². The van der Waals surface area contributed by atoms with Gasteiger partial charge < -0.3 is 14.8 Å². The Morgan fingerprint density at radius 2 is 2.07 bits per heavy atom. The number of nitrogens with zero attached hydrogens (tertiary/aromatic N) is 4. The van der Waals surface area contributed by atoms with Crippen molar-refractivity contribution >= 4 is 23.2 Å². The Labute approximate surface area is 173 Å². The first kappa shape index (κ1) is 20.6. The number of amides is 1. The molecule has 0 unspecified atom stereocenters. The zero-order valence-corrected chi connectivity index (χ0v) is 17.4. The maximum Gasteiger partial charge on any atom is 0.255 e. The topological polar surface area (TPSA) is 91.2 Å². The molecule has 3 rings (SSSR count). The van der Waals surface area contributed by atoms with Crippen molar-refractivity contribution in [2.45, 2.75) is 13.8 Å². The summed E-state index contributed by atoms with van der Waals surface area (Å²) in [5.41, 5.74) is 1.74. The molecule has 0 fully saturated rings. The predicted molar refractivity (Wildman–Crippen MR) is 111 cm³/mol. The molecule has 0 aliphatic carbocycles. The molecule has 0 saturated heterocycles. The minimum atomic E-state index is -0.325. The highest BCUT2D eigenvalue weighted by Gasteiger charge is 2.17. The molecule has 152 valence electrons. The smallest absolute Gasteiger partial charge is 0.255 e. The van der Waals surface area contributed by atoms with E-state index in [0.29, 0.717) is 46.1 Å². The zero-order valence-electron chi connectivity index (χ0n) is 16.6. The molecule has 1 amide bonds. The summed E-state index contributed by atoms with van der Waals surface area (Å²) in [5, 5.41) is 14.6. The molecule has 8 nitrogen and oxygen atoms in total. The SMILES string of the molecule is COc1cc(C(=O)Nc2cccc(-c3nnnn3C)c2)cc(Cl)c1OCC(C)C. The lowest BCUT2D eigenvalue weighted by Gasteiger charge is -2.15. The first-order valence-corrected chi connectivity index (χ1v) is 9.41. The summed E-state index contributed by atoms with van der Waals surface area (Å²) in [5.74, 6) is 1.43. The number of rotatable bonds is 7. The Morgan fingerprint density at radius 1 is 1.28 bits per heavy atom. The van der Waals surface area contributed by atoms with Gasteiger partial charge in [0, 0.05) is 23.9 Å². The molecule has 0 aliphatic rings. The number of methoxy groups -OCH3 is 1. The van der Waals surface area contributed by atoms with Crippen molar-refractivity contribution in [2.24, 2.45) is 13.0 Å². The van der Waals surface area contributed by atoms with Gasteiger partial charge in [-0.15, -0.1) is 5.10 Å². The highest BCUT2D eigenvalue weighted by atomic mass is 35.5. The van der Waals surface area contributed by atoms with Crippen molar-refractivity contribution in [3.05, 3.63) is 47.0 Å². The maximum absolute atomic E-state index is 12.8. The minimum absolute atomic E-state index is 0.314. The number of ether oxygens (including phenoxy) is 2. The zero-order chi connectivity index (χ0) is 21.0. The van der Waals surface area contributed by atoms with Crippen molar-refractivity contribution < 1.29 is 14.3 Å². The second-order valence-electron chi connectivity index (χ2n) is 6.86. The van der Waals surface area contributed by atoms with Crippen LogP contribution in [-0.2, 0) is 7.05 Å². The number of hydrogen-bond acceptors (Lipinski definition) is 6. The van der Waals surface area contributed by atoms with Gasteiger partial charge in [-0.05, 0) is 40.6 Å². The molecular formula is C20H22ClN5O3. The number of nitrogens with one attached hydrogen (secondary N) is 1. The third-order valence-corrected chi connectivity index (χ3v) is 4.33. The van der Waals surface area contributed by atoms with Crippen molar-refractivity contribution in [2.75, 3.05) is 19.0 Å². The number of tetrazole rings is 1. The van der Waals surface area contributed by atoms with Crippen LogP contribution in [0, 0.1) is 5.92 Å². The molecule has 29 heavy (non-hydrogen) atoms. The van der Waals surface area contributed by atoms with E-state index in [1.807, 2.05) is 26.0 Å². The second-order valence-corrected chi connectivity index (χ2v) is 7.26. The second kappa shape index (κ2) is 8.91. The van der Waals surface area contributed by atoms with E-state index in [2.05, 4.69) is 20.8 Å². The van der Waals surface area contributed by atoms with Gasteiger partial charge in [-0.1, -0.05) is 37.6 Å². The highest BCUT2D eigenvalue weighted by Crippen LogP contribution is 2.37. The van der Waals surface area contributed by atoms with Gasteiger partial charge in [-0.25, -0.2) is 4.68 Å². The first-order chi connectivity index (χ1) is 13.9. The third kappa shape index (κ3) is 4.83. The van der Waals surface area contributed by atoms with Gasteiger partial charge in [0.1, 0.15) is 0 Å². The van der Waals surface area contributed by atoms with E-state index in [9.17, 15) is 4.79 Å². The number of halogens is 1. The quantitative estimate of drug-likeness (QED) is 0.630. The fraction of sp³-hybridized carbons (Fsp3) is 0.300. The lowest BCUT2D eigenvalue weighted by atomic mass is 10.1. The normalized spacial score (nSPS) is 10.8. The number of anilines is 1. The monoisotopic (exact) mass is 415 g/mol. The molecule has 2 aromatic carbocycles. The Morgan fingerprint density at radius 3 is 2.72 bits per heavy atom. The molecule has 0 spiro atoms. The van der Waals surface area contributed by atoms with Crippen molar-refractivity contribution in [1.82, 2.24) is 20.2 Å². The van der Waals surface area contributed by atoms with E-state index in [0.717, 1.165) is 5.56 Å². The van der Waals surface area contributed by atoms with Gasteiger partial charge in [-0.2, -0.15) is 0 Å². The van der Waals surface area contributed by atoms with Gasteiger partial charge in [0.05, 0.1) is 18.7 Å². The molecule has 9 heteroatoms. The summed E-state index contributed by atoms with van der Waals surface area (Å²) >= 11 is 6.34. The largest absolute Gasteiger partial charge is 0.493 e. The van der Waals surface area contributed by atoms with Gasteiger partial charge in [0.25, 0.3) is 5.91 Å². The van der Waals surface area contributed by atoms with Crippen LogP contribution in [0.15, 0.2) is 36.4 Å². The summed E-state index contributed by atoms with van der Waals surface area (Å²) in [6.07, 6.45) is 0. The van der Waals surface area contributed by atoms with Crippen LogP contribution in [0.4, 0.5) is 5.69 Å². The molecule has 1 aromatic heterocycles. The number of aryl methyl sites for hydroxylation is 1. The number of aromatic nitrogens is 4. The van der Waals surface area contributed by atoms with Crippen LogP contribution in [0.3, 0.4) is 0 Å². The summed E-state index contributed by atoms with van der Waals surface area (Å²) in [7, 11) is 3.26. The lowest BCUT2D eigenvalue weighted by molar-refractivity contribution is 0.102. The van der Waals surface area contributed by atoms with Crippen LogP contribution in [0.25, 0.3) is 11.4 Å². The average molecular weight is 416 g/mol. The van der Waals surface area contributed by atoms with Crippen LogP contribution >= 0.6 is 11.6 Å². The Balaban J connectivity index is 1.82. The molecule has 0 saturated carbocycles. The van der Waals surface area contributed by atoms with E-state index in [1.54, 1.807) is 36.0 Å². The Kier molecular flexibility index (Phi) is 6.33. The van der Waals surface area contributed by atoms with Gasteiger partial charge in [0.15, 0.2) is 17.3 Å². The first-order valence-electron chi connectivity index (χ1n) is 9.03. The molecule has 3 aromatic rings. The molecule has 0 bridgehead atoms. The van der Waals surface area contributed by atoms with E-state index < -0.39 is 0 Å². The van der Waals surface area contributed by atoms with E-state index in [1.165, 1.54) is 7.11 Å². The van der Waals surface area contributed by atoms with Gasteiger partial charge in [-0.3, -0.25) is 4.79 Å². The van der Waals surface area contributed by atoms with Gasteiger partial charge in [0.2, 0.25) is 0 Å². The lowest BCUT2D eigenvalue weighted by Crippen LogP contribution is -2.13. The van der Waals surface area contributed by atoms with E-state index >= 15 is 0 Å². The predicted octanol–water partition coefficient (Wildman–Crippen LogP) is 3.83. The number of carbonyl (C=O) groups is 1. The summed E-state index contributed by atoms with van der Waals surface area (Å²) in [6, 6.07) is 10.4. The summed E-state index contributed by atoms with van der Waals surface area (Å²) < 4.78 is 12.7. The molecule has 0 atom stereocenters. The van der Waals surface area contributed by atoms with Crippen molar-refractivity contribution in [1.29, 1.82) is 0 Å². The molecule has 0 radical (unpaired) electrons. The fourth-order valence-corrected chi connectivity index (χ4v) is 2.92. The van der Waals surface area contributed by atoms with Crippen LogP contribution in [0.1, 0.15) is 24.2 Å². The number of benzene rings is 2. The van der Waals surface area contributed by atoms with Crippen molar-refractivity contribution in [3.63, 3.8) is 0 Å². The summed E-state index contributed by atoms with van der Waals surface area (Å²) in [4.78, 5) is 12.8. The molecular weight excluding hydrogens is 394 g/mol. The molecule has 1 N–H and O–H groups in total. The van der Waals surface area contributed by atoms with Gasteiger partial charge >= 0.3 is 0 Å². The third-order valence-electron chi connectivity index (χ3n) is 4.05.